The fourth-order valence-corrected chi connectivity index (χ4v) is 5.61. The number of hydrogen-bond donors (Lipinski definition) is 0. The third kappa shape index (κ3) is 2.98. The van der Waals surface area contributed by atoms with E-state index in [2.05, 4.69) is 26.9 Å². The van der Waals surface area contributed by atoms with Gasteiger partial charge in [0, 0.05) is 30.4 Å². The third-order valence-electron chi connectivity index (χ3n) is 6.92. The molecule has 1 aromatic heterocycles. The molecule has 1 amide bonds. The van der Waals surface area contributed by atoms with Crippen LogP contribution in [0.4, 0.5) is 0 Å². The Labute approximate surface area is 166 Å². The maximum atomic E-state index is 13.3. The summed E-state index contributed by atoms with van der Waals surface area (Å²) in [6, 6.07) is 15.0. The van der Waals surface area contributed by atoms with Crippen molar-refractivity contribution in [1.29, 1.82) is 0 Å². The van der Waals surface area contributed by atoms with Gasteiger partial charge in [-0.2, -0.15) is 0 Å². The number of hydrogen-bond acceptors (Lipinski definition) is 4. The third-order valence-corrected chi connectivity index (χ3v) is 6.92. The van der Waals surface area contributed by atoms with Gasteiger partial charge in [-0.25, -0.2) is 0 Å². The first kappa shape index (κ1) is 17.7. The fraction of sp³-hybridized carbons (Fsp3) is 0.478. The zero-order chi connectivity index (χ0) is 19.1. The summed E-state index contributed by atoms with van der Waals surface area (Å²) < 4.78 is 5.33. The molecule has 4 aliphatic heterocycles. The molecule has 3 atom stereocenters. The highest BCUT2D eigenvalue weighted by Gasteiger charge is 2.54. The Bertz CT molecular complexity index is 831. The molecule has 0 aliphatic carbocycles. The number of likely N-dealkylation sites (tertiary alicyclic amines) is 1. The second-order valence-corrected chi connectivity index (χ2v) is 8.28. The second-order valence-electron chi connectivity index (χ2n) is 8.28. The van der Waals surface area contributed by atoms with Crippen molar-refractivity contribution in [2.24, 2.45) is 5.92 Å². The van der Waals surface area contributed by atoms with Crippen LogP contribution in [0.2, 0.25) is 0 Å². The minimum Gasteiger partial charge on any atom is -0.497 e. The average Bonchev–Trinajstić information content (AvgIpc) is 3.18. The van der Waals surface area contributed by atoms with Gasteiger partial charge < -0.3 is 9.64 Å². The van der Waals surface area contributed by atoms with E-state index in [4.69, 9.17) is 4.74 Å². The fourth-order valence-electron chi connectivity index (χ4n) is 5.61. The predicted octanol–water partition coefficient (Wildman–Crippen LogP) is 2.72. The number of fused-ring (bicyclic) bond motifs is 2. The molecule has 4 aliphatic rings. The Kier molecular flexibility index (Phi) is 4.55. The average molecular weight is 377 g/mol. The van der Waals surface area contributed by atoms with E-state index in [1.165, 1.54) is 31.5 Å². The van der Waals surface area contributed by atoms with Gasteiger partial charge in [0.2, 0.25) is 5.91 Å². The Morgan fingerprint density at radius 3 is 2.57 bits per heavy atom. The number of carbonyl (C=O) groups excluding carboxylic acids is 1. The molecule has 2 bridgehead atoms. The normalized spacial score (nSPS) is 30.9. The van der Waals surface area contributed by atoms with Crippen molar-refractivity contribution in [2.45, 2.75) is 37.3 Å². The highest BCUT2D eigenvalue weighted by atomic mass is 16.5. The van der Waals surface area contributed by atoms with Crippen molar-refractivity contribution in [1.82, 2.24) is 14.8 Å². The van der Waals surface area contributed by atoms with Gasteiger partial charge in [-0.1, -0.05) is 18.2 Å². The van der Waals surface area contributed by atoms with Gasteiger partial charge in [0.1, 0.15) is 5.75 Å². The quantitative estimate of drug-likeness (QED) is 0.822. The first-order valence-corrected chi connectivity index (χ1v) is 10.3. The highest BCUT2D eigenvalue weighted by Crippen LogP contribution is 2.46. The lowest BCUT2D eigenvalue weighted by atomic mass is 9.75. The lowest BCUT2D eigenvalue weighted by Gasteiger charge is -2.51. The molecule has 28 heavy (non-hydrogen) atoms. The van der Waals surface area contributed by atoms with E-state index in [0.717, 1.165) is 18.0 Å². The van der Waals surface area contributed by atoms with E-state index in [1.54, 1.807) is 13.3 Å². The maximum Gasteiger partial charge on any atom is 0.228 e. The topological polar surface area (TPSA) is 45.7 Å². The number of piperidine rings is 3. The van der Waals surface area contributed by atoms with Gasteiger partial charge in [0.15, 0.2) is 0 Å². The van der Waals surface area contributed by atoms with E-state index in [9.17, 15) is 4.79 Å². The SMILES string of the molecule is COc1ccc([C@@H]2CN(C(=O)Cc3ccccn3)[C@@H]3C4CCN(CC4)[C@@H]32)cc1. The lowest BCUT2D eigenvalue weighted by molar-refractivity contribution is -0.135. The molecule has 4 saturated heterocycles. The largest absolute Gasteiger partial charge is 0.497 e. The Morgan fingerprint density at radius 2 is 1.89 bits per heavy atom. The van der Waals surface area contributed by atoms with E-state index in [1.807, 2.05) is 30.3 Å². The first-order valence-electron chi connectivity index (χ1n) is 10.3. The monoisotopic (exact) mass is 377 g/mol. The Morgan fingerprint density at radius 1 is 1.11 bits per heavy atom. The van der Waals surface area contributed by atoms with E-state index in [0.29, 0.717) is 30.3 Å². The van der Waals surface area contributed by atoms with Gasteiger partial charge in [-0.05, 0) is 61.7 Å². The first-order chi connectivity index (χ1) is 13.7. The summed E-state index contributed by atoms with van der Waals surface area (Å²) in [4.78, 5) is 22.5. The Hall–Kier alpha value is -2.40. The molecule has 4 fully saturated rings. The molecular formula is C23H27N3O2. The van der Waals surface area contributed by atoms with Crippen LogP contribution in [0.25, 0.3) is 0 Å². The summed E-state index contributed by atoms with van der Waals surface area (Å²) in [5.41, 5.74) is 2.18. The van der Waals surface area contributed by atoms with Crippen LogP contribution < -0.4 is 4.74 Å². The second kappa shape index (κ2) is 7.21. The van der Waals surface area contributed by atoms with E-state index in [-0.39, 0.29) is 5.91 Å². The minimum atomic E-state index is 0.221. The number of methoxy groups -OCH3 is 1. The summed E-state index contributed by atoms with van der Waals surface area (Å²) in [6.07, 6.45) is 4.59. The van der Waals surface area contributed by atoms with Crippen LogP contribution in [0.3, 0.4) is 0 Å². The van der Waals surface area contributed by atoms with Crippen LogP contribution in [0, 0.1) is 5.92 Å². The highest BCUT2D eigenvalue weighted by molar-refractivity contribution is 5.79. The van der Waals surface area contributed by atoms with Crippen molar-refractivity contribution in [3.8, 4) is 5.75 Å². The smallest absolute Gasteiger partial charge is 0.228 e. The van der Waals surface area contributed by atoms with Gasteiger partial charge >= 0.3 is 0 Å². The molecule has 0 radical (unpaired) electrons. The molecule has 0 spiro atoms. The van der Waals surface area contributed by atoms with Crippen LogP contribution in [-0.2, 0) is 11.2 Å². The molecule has 5 heteroatoms. The summed E-state index contributed by atoms with van der Waals surface area (Å²) in [7, 11) is 1.70. The molecule has 5 heterocycles. The summed E-state index contributed by atoms with van der Waals surface area (Å²) in [5, 5.41) is 0. The number of pyridine rings is 1. The van der Waals surface area contributed by atoms with Crippen LogP contribution in [0.5, 0.6) is 5.75 Å². The summed E-state index contributed by atoms with van der Waals surface area (Å²) >= 11 is 0. The molecule has 146 valence electrons. The van der Waals surface area contributed by atoms with Crippen LogP contribution >= 0.6 is 0 Å². The molecule has 5 nitrogen and oxygen atoms in total. The standard InChI is InChI=1S/C23H27N3O2/c1-28-19-7-5-16(6-8-19)20-15-26(21(27)14-18-4-2-3-11-24-18)22-17-9-12-25(13-10-17)23(20)22/h2-8,11,17,20,22-23H,9-10,12-15H2,1H3/t20-,22+,23+/m0/s1. The lowest BCUT2D eigenvalue weighted by Crippen LogP contribution is -2.60. The maximum absolute atomic E-state index is 13.3. The molecule has 0 saturated carbocycles. The molecule has 0 unspecified atom stereocenters. The molecule has 1 aromatic carbocycles. The number of carbonyl (C=O) groups is 1. The summed E-state index contributed by atoms with van der Waals surface area (Å²) in [6.45, 7) is 3.14. The van der Waals surface area contributed by atoms with Gasteiger partial charge in [0.25, 0.3) is 0 Å². The summed E-state index contributed by atoms with van der Waals surface area (Å²) in [5.74, 6) is 2.10. The Balaban J connectivity index is 1.44. The number of ether oxygens (including phenoxy) is 1. The zero-order valence-corrected chi connectivity index (χ0v) is 16.3. The van der Waals surface area contributed by atoms with Crippen molar-refractivity contribution in [3.63, 3.8) is 0 Å². The van der Waals surface area contributed by atoms with E-state index >= 15 is 0 Å². The number of amides is 1. The van der Waals surface area contributed by atoms with Crippen molar-refractivity contribution in [3.05, 3.63) is 59.9 Å². The number of rotatable bonds is 4. The minimum absolute atomic E-state index is 0.221. The van der Waals surface area contributed by atoms with Crippen LogP contribution in [0.1, 0.15) is 30.0 Å². The van der Waals surface area contributed by atoms with Crippen molar-refractivity contribution < 1.29 is 9.53 Å². The van der Waals surface area contributed by atoms with E-state index < -0.39 is 0 Å². The van der Waals surface area contributed by atoms with Gasteiger partial charge in [0.05, 0.1) is 19.6 Å². The number of benzene rings is 1. The van der Waals surface area contributed by atoms with Gasteiger partial charge in [-0.3, -0.25) is 14.7 Å². The van der Waals surface area contributed by atoms with Crippen LogP contribution in [0.15, 0.2) is 48.7 Å². The number of aromatic nitrogens is 1. The molecule has 2 aromatic rings. The van der Waals surface area contributed by atoms with Crippen molar-refractivity contribution >= 4 is 5.91 Å². The molecule has 0 N–H and O–H groups in total. The van der Waals surface area contributed by atoms with Crippen LogP contribution in [-0.4, -0.2) is 59.5 Å². The van der Waals surface area contributed by atoms with Crippen molar-refractivity contribution in [2.75, 3.05) is 26.7 Å². The zero-order valence-electron chi connectivity index (χ0n) is 16.3. The molecular weight excluding hydrogens is 350 g/mol. The predicted molar refractivity (Wildman–Crippen MR) is 107 cm³/mol. The molecule has 6 rings (SSSR count). The van der Waals surface area contributed by atoms with Gasteiger partial charge in [-0.15, -0.1) is 0 Å². The number of nitrogens with zero attached hydrogens (tertiary/aromatic N) is 3.